The number of carbonyl (C=O) groups is 4. The Labute approximate surface area is 277 Å². The molecule has 0 aliphatic carbocycles. The van der Waals surface area contributed by atoms with Crippen LogP contribution in [-0.4, -0.2) is 92.0 Å². The van der Waals surface area contributed by atoms with E-state index in [1.54, 1.807) is 24.8 Å². The smallest absolute Gasteiger partial charge is 0.349 e. The van der Waals surface area contributed by atoms with Gasteiger partial charge in [-0.25, -0.2) is 4.39 Å². The van der Waals surface area contributed by atoms with Gasteiger partial charge in [0, 0.05) is 57.3 Å². The van der Waals surface area contributed by atoms with Gasteiger partial charge < -0.3 is 30.5 Å². The Balaban J connectivity index is 1.53. The summed E-state index contributed by atoms with van der Waals surface area (Å²) in [5, 5.41) is 16.5. The van der Waals surface area contributed by atoms with Crippen LogP contribution >= 0.6 is 0 Å². The number of alkyl halides is 2. The summed E-state index contributed by atoms with van der Waals surface area (Å²) >= 11 is 0. The van der Waals surface area contributed by atoms with Crippen LogP contribution < -0.4 is 16.0 Å². The van der Waals surface area contributed by atoms with Crippen molar-refractivity contribution in [2.75, 3.05) is 51.8 Å². The molecule has 11 nitrogen and oxygen atoms in total. The molecule has 0 aromatic heterocycles. The van der Waals surface area contributed by atoms with E-state index in [2.05, 4.69) is 20.9 Å². The molecule has 2 aliphatic heterocycles. The SMILES string of the molecule is CCC(=O)N[C@@H](C(=O)N1CCN(C)CC1)[C@@H](C)c1ccc(NC(=O)[C@@H](NC(=O)C(F)(F)c2cccc(C#N)c2)C2CCOCC2)c(F)c1. The van der Waals surface area contributed by atoms with Crippen molar-refractivity contribution >= 4 is 29.3 Å². The van der Waals surface area contributed by atoms with E-state index in [-0.39, 0.29) is 42.7 Å². The molecule has 2 aromatic carbocycles. The maximum absolute atomic E-state index is 15.6. The summed E-state index contributed by atoms with van der Waals surface area (Å²) in [7, 11) is 1.95. The van der Waals surface area contributed by atoms with Gasteiger partial charge >= 0.3 is 5.92 Å². The molecule has 48 heavy (non-hydrogen) atoms. The predicted octanol–water partition coefficient (Wildman–Crippen LogP) is 3.11. The summed E-state index contributed by atoms with van der Waals surface area (Å²) in [5.41, 5.74) is -0.631. The zero-order valence-electron chi connectivity index (χ0n) is 27.2. The lowest BCUT2D eigenvalue weighted by molar-refractivity contribution is -0.149. The van der Waals surface area contributed by atoms with E-state index in [9.17, 15) is 19.2 Å². The molecular formula is C34H41F3N6O5. The molecule has 0 radical (unpaired) electrons. The fourth-order valence-electron chi connectivity index (χ4n) is 5.81. The number of ether oxygens (including phenoxy) is 1. The lowest BCUT2D eigenvalue weighted by Gasteiger charge is -2.36. The highest BCUT2D eigenvalue weighted by atomic mass is 19.3. The van der Waals surface area contributed by atoms with Crippen molar-refractivity contribution in [3.8, 4) is 6.07 Å². The topological polar surface area (TPSA) is 144 Å². The maximum Gasteiger partial charge on any atom is 0.349 e. The van der Waals surface area contributed by atoms with Crippen LogP contribution in [0.5, 0.6) is 0 Å². The minimum absolute atomic E-state index is 0.0605. The first-order chi connectivity index (χ1) is 22.8. The lowest BCUT2D eigenvalue weighted by atomic mass is 9.90. The Hall–Kier alpha value is -4.48. The first-order valence-electron chi connectivity index (χ1n) is 16.0. The van der Waals surface area contributed by atoms with Crippen LogP contribution in [0.4, 0.5) is 18.9 Å². The number of nitrogens with zero attached hydrogens (tertiary/aromatic N) is 3. The van der Waals surface area contributed by atoms with Crippen molar-refractivity contribution in [2.45, 2.75) is 57.0 Å². The maximum atomic E-state index is 15.6. The Morgan fingerprint density at radius 1 is 1.04 bits per heavy atom. The van der Waals surface area contributed by atoms with E-state index in [4.69, 9.17) is 10.00 Å². The van der Waals surface area contributed by atoms with E-state index >= 15 is 13.2 Å². The minimum Gasteiger partial charge on any atom is -0.381 e. The molecule has 0 unspecified atom stereocenters. The summed E-state index contributed by atoms with van der Waals surface area (Å²) in [4.78, 5) is 56.1. The third-order valence-electron chi connectivity index (χ3n) is 8.94. The molecule has 2 aromatic rings. The Morgan fingerprint density at radius 2 is 1.73 bits per heavy atom. The lowest BCUT2D eigenvalue weighted by Crippen LogP contribution is -2.55. The van der Waals surface area contributed by atoms with Gasteiger partial charge in [-0.1, -0.05) is 32.0 Å². The monoisotopic (exact) mass is 670 g/mol. The van der Waals surface area contributed by atoms with Crippen molar-refractivity contribution in [2.24, 2.45) is 5.92 Å². The van der Waals surface area contributed by atoms with Crippen LogP contribution in [-0.2, 0) is 29.8 Å². The summed E-state index contributed by atoms with van der Waals surface area (Å²) in [6.45, 7) is 6.19. The molecule has 14 heteroatoms. The van der Waals surface area contributed by atoms with Crippen LogP contribution in [0.15, 0.2) is 42.5 Å². The molecule has 0 bridgehead atoms. The highest BCUT2D eigenvalue weighted by molar-refractivity contribution is 5.98. The third-order valence-corrected chi connectivity index (χ3v) is 8.94. The first-order valence-corrected chi connectivity index (χ1v) is 16.0. The number of anilines is 1. The highest BCUT2D eigenvalue weighted by Crippen LogP contribution is 2.31. The quantitative estimate of drug-likeness (QED) is 0.334. The summed E-state index contributed by atoms with van der Waals surface area (Å²) in [6.07, 6.45) is 0.736. The number of amides is 4. The average Bonchev–Trinajstić information content (AvgIpc) is 3.10. The zero-order chi connectivity index (χ0) is 35.0. The molecule has 0 spiro atoms. The highest BCUT2D eigenvalue weighted by Gasteiger charge is 2.44. The fourth-order valence-corrected chi connectivity index (χ4v) is 5.81. The van der Waals surface area contributed by atoms with Crippen LogP contribution in [0.2, 0.25) is 0 Å². The van der Waals surface area contributed by atoms with E-state index in [1.807, 2.05) is 7.05 Å². The van der Waals surface area contributed by atoms with Gasteiger partial charge in [-0.15, -0.1) is 0 Å². The summed E-state index contributed by atoms with van der Waals surface area (Å²) in [5.74, 6) is -9.36. The number of hydrogen-bond acceptors (Lipinski definition) is 7. The molecule has 2 aliphatic rings. The Bertz CT molecular complexity index is 1540. The molecule has 4 rings (SSSR count). The third kappa shape index (κ3) is 8.70. The summed E-state index contributed by atoms with van der Waals surface area (Å²) < 4.78 is 51.4. The first kappa shape index (κ1) is 36.4. The van der Waals surface area contributed by atoms with Gasteiger partial charge in [-0.2, -0.15) is 14.0 Å². The van der Waals surface area contributed by atoms with E-state index in [0.717, 1.165) is 18.2 Å². The normalized spacial score (nSPS) is 17.8. The summed E-state index contributed by atoms with van der Waals surface area (Å²) in [6, 6.07) is 7.79. The number of rotatable bonds is 11. The van der Waals surface area contributed by atoms with Crippen molar-refractivity contribution in [3.63, 3.8) is 0 Å². The second kappa shape index (κ2) is 16.1. The average molecular weight is 671 g/mol. The Morgan fingerprint density at radius 3 is 2.35 bits per heavy atom. The number of nitrogens with one attached hydrogen (secondary N) is 3. The van der Waals surface area contributed by atoms with Gasteiger partial charge in [0.05, 0.1) is 17.3 Å². The van der Waals surface area contributed by atoms with Crippen molar-refractivity contribution in [1.29, 1.82) is 5.26 Å². The molecule has 3 N–H and O–H groups in total. The van der Waals surface area contributed by atoms with Crippen molar-refractivity contribution in [1.82, 2.24) is 20.4 Å². The molecule has 2 heterocycles. The number of piperazine rings is 1. The zero-order valence-corrected chi connectivity index (χ0v) is 27.2. The van der Waals surface area contributed by atoms with Crippen LogP contribution in [0.25, 0.3) is 0 Å². The van der Waals surface area contributed by atoms with Gasteiger partial charge in [0.1, 0.15) is 17.9 Å². The molecular weight excluding hydrogens is 629 g/mol. The number of hydrogen-bond donors (Lipinski definition) is 3. The molecule has 3 atom stereocenters. The van der Waals surface area contributed by atoms with Crippen molar-refractivity contribution in [3.05, 3.63) is 65.0 Å². The predicted molar refractivity (Wildman–Crippen MR) is 170 cm³/mol. The van der Waals surface area contributed by atoms with Gasteiger partial charge in [0.15, 0.2) is 0 Å². The fraction of sp³-hybridized carbons (Fsp3) is 0.500. The number of carbonyl (C=O) groups excluding carboxylic acids is 4. The number of halogens is 3. The number of nitriles is 1. The molecule has 2 fully saturated rings. The molecule has 4 amide bonds. The van der Waals surface area contributed by atoms with Gasteiger partial charge in [0.25, 0.3) is 5.91 Å². The van der Waals surface area contributed by atoms with Gasteiger partial charge in [-0.3, -0.25) is 19.2 Å². The van der Waals surface area contributed by atoms with E-state index in [1.165, 1.54) is 24.3 Å². The van der Waals surface area contributed by atoms with Gasteiger partial charge in [-0.05, 0) is 55.6 Å². The Kier molecular flexibility index (Phi) is 12.2. The second-order valence-electron chi connectivity index (χ2n) is 12.2. The van der Waals surface area contributed by atoms with Crippen LogP contribution in [0.1, 0.15) is 55.7 Å². The number of benzene rings is 2. The minimum atomic E-state index is -4.06. The van der Waals surface area contributed by atoms with Crippen molar-refractivity contribution < 1.29 is 37.1 Å². The number of likely N-dealkylation sites (N-methyl/N-ethyl adjacent to an activating group) is 1. The van der Waals surface area contributed by atoms with E-state index < -0.39 is 53.0 Å². The second-order valence-corrected chi connectivity index (χ2v) is 12.2. The standard InChI is InChI=1S/C34H41F3N6O5/c1-4-28(44)40-29(32(46)43-14-12-42(3)13-15-43)21(2)24-8-9-27(26(35)19-24)39-31(45)30(23-10-16-48-17-11-23)41-33(47)34(36,37)25-7-5-6-22(18-25)20-38/h5-9,18-19,21,23,29-30H,4,10-17H2,1-3H3,(H,39,45)(H,40,44)(H,41,47)/t21-,29+,30-/m0/s1. The van der Waals surface area contributed by atoms with Crippen LogP contribution in [0.3, 0.4) is 0 Å². The largest absolute Gasteiger partial charge is 0.381 e. The molecule has 0 saturated carbocycles. The molecule has 258 valence electrons. The van der Waals surface area contributed by atoms with Gasteiger partial charge in [0.2, 0.25) is 17.7 Å². The van der Waals surface area contributed by atoms with E-state index in [0.29, 0.717) is 44.6 Å². The molecule has 2 saturated heterocycles. The van der Waals surface area contributed by atoms with Crippen LogP contribution in [0, 0.1) is 23.1 Å².